The third kappa shape index (κ3) is 3.54. The van der Waals surface area contributed by atoms with E-state index in [2.05, 4.69) is 9.47 Å². The lowest BCUT2D eigenvalue weighted by Crippen LogP contribution is -2.46. The van der Waals surface area contributed by atoms with Crippen LogP contribution in [0.25, 0.3) is 0 Å². The van der Waals surface area contributed by atoms with Crippen molar-refractivity contribution in [1.29, 1.82) is 0 Å². The van der Waals surface area contributed by atoms with Crippen LogP contribution < -0.4 is 0 Å². The van der Waals surface area contributed by atoms with E-state index in [0.29, 0.717) is 0 Å². The fraction of sp³-hybridized carbons (Fsp3) is 0.308. The molecule has 0 amide bonds. The predicted octanol–water partition coefficient (Wildman–Crippen LogP) is 1.93. The summed E-state index contributed by atoms with van der Waals surface area (Å²) < 4.78 is 9.35. The first-order chi connectivity index (χ1) is 8.91. The van der Waals surface area contributed by atoms with Gasteiger partial charge in [0.25, 0.3) is 0 Å². The first-order valence-electron chi connectivity index (χ1n) is 5.57. The molecule has 0 heterocycles. The Hall–Kier alpha value is -1.88. The normalized spacial score (nSPS) is 13.2. The molecular formula is C13H13ClO5. The molecule has 0 radical (unpaired) electrons. The van der Waals surface area contributed by atoms with E-state index in [4.69, 9.17) is 11.6 Å². The van der Waals surface area contributed by atoms with Crippen molar-refractivity contribution in [2.75, 3.05) is 6.61 Å². The zero-order chi connectivity index (χ0) is 14.5. The van der Waals surface area contributed by atoms with Crippen LogP contribution in [-0.2, 0) is 19.1 Å². The number of carbonyl (C=O) groups excluding carboxylic acids is 3. The standard InChI is InChI=1S/C13H13ClO5/c1-3-18-12(17)13(14,19-9(2)15)11(16)10-7-5-4-6-8-10/h4-8H,3H2,1-2H3. The van der Waals surface area contributed by atoms with E-state index >= 15 is 0 Å². The van der Waals surface area contributed by atoms with Crippen molar-refractivity contribution in [1.82, 2.24) is 0 Å². The summed E-state index contributed by atoms with van der Waals surface area (Å²) in [5.74, 6) is -2.81. The number of rotatable bonds is 5. The van der Waals surface area contributed by atoms with Gasteiger partial charge in [0.15, 0.2) is 0 Å². The summed E-state index contributed by atoms with van der Waals surface area (Å²) in [7, 11) is 0. The van der Waals surface area contributed by atoms with Crippen LogP contribution in [0.2, 0.25) is 0 Å². The van der Waals surface area contributed by atoms with Crippen LogP contribution in [0.4, 0.5) is 0 Å². The van der Waals surface area contributed by atoms with Crippen molar-refractivity contribution in [2.45, 2.75) is 18.9 Å². The zero-order valence-corrected chi connectivity index (χ0v) is 11.3. The number of hydrogen-bond acceptors (Lipinski definition) is 5. The lowest BCUT2D eigenvalue weighted by Gasteiger charge is -2.22. The van der Waals surface area contributed by atoms with E-state index in [-0.39, 0.29) is 12.2 Å². The molecule has 1 aromatic carbocycles. The molecule has 5 nitrogen and oxygen atoms in total. The average Bonchev–Trinajstić information content (AvgIpc) is 2.38. The van der Waals surface area contributed by atoms with Gasteiger partial charge in [0.1, 0.15) is 0 Å². The second-order valence-electron chi connectivity index (χ2n) is 3.60. The number of halogens is 1. The maximum absolute atomic E-state index is 12.2. The second-order valence-corrected chi connectivity index (χ2v) is 4.14. The van der Waals surface area contributed by atoms with E-state index in [9.17, 15) is 14.4 Å². The Morgan fingerprint density at radius 3 is 2.26 bits per heavy atom. The summed E-state index contributed by atoms with van der Waals surface area (Å²) in [5, 5.41) is -2.48. The van der Waals surface area contributed by atoms with E-state index in [0.717, 1.165) is 6.92 Å². The molecule has 0 spiro atoms. The Morgan fingerprint density at radius 2 is 1.79 bits per heavy atom. The quantitative estimate of drug-likeness (QED) is 0.358. The van der Waals surface area contributed by atoms with E-state index in [1.54, 1.807) is 25.1 Å². The molecule has 0 saturated heterocycles. The minimum Gasteiger partial charge on any atom is -0.462 e. The molecule has 0 aromatic heterocycles. The molecule has 1 atom stereocenters. The molecule has 0 bridgehead atoms. The molecule has 6 heteroatoms. The molecule has 0 aliphatic heterocycles. The molecule has 19 heavy (non-hydrogen) atoms. The van der Waals surface area contributed by atoms with E-state index in [1.807, 2.05) is 0 Å². The monoisotopic (exact) mass is 284 g/mol. The van der Waals surface area contributed by atoms with Gasteiger partial charge in [-0.2, -0.15) is 0 Å². The van der Waals surface area contributed by atoms with Crippen molar-refractivity contribution < 1.29 is 23.9 Å². The molecule has 1 unspecified atom stereocenters. The molecule has 1 aromatic rings. The molecule has 0 fully saturated rings. The number of benzene rings is 1. The molecule has 0 saturated carbocycles. The van der Waals surface area contributed by atoms with Crippen LogP contribution in [0, 0.1) is 0 Å². The van der Waals surface area contributed by atoms with Crippen LogP contribution in [0.3, 0.4) is 0 Å². The largest absolute Gasteiger partial charge is 0.462 e. The van der Waals surface area contributed by atoms with Crippen molar-refractivity contribution in [3.05, 3.63) is 35.9 Å². The zero-order valence-electron chi connectivity index (χ0n) is 10.5. The first-order valence-corrected chi connectivity index (χ1v) is 5.95. The van der Waals surface area contributed by atoms with Gasteiger partial charge in [-0.3, -0.25) is 9.59 Å². The van der Waals surface area contributed by atoms with Crippen LogP contribution in [0.1, 0.15) is 24.2 Å². The summed E-state index contributed by atoms with van der Waals surface area (Å²) in [6.07, 6.45) is 0. The first kappa shape index (κ1) is 15.2. The molecule has 0 aliphatic carbocycles. The molecular weight excluding hydrogens is 272 g/mol. The lowest BCUT2D eigenvalue weighted by molar-refractivity contribution is -0.166. The van der Waals surface area contributed by atoms with Gasteiger partial charge < -0.3 is 9.47 Å². The van der Waals surface area contributed by atoms with Crippen LogP contribution >= 0.6 is 11.6 Å². The number of ether oxygens (including phenoxy) is 2. The molecule has 1 rings (SSSR count). The third-order valence-electron chi connectivity index (χ3n) is 2.15. The lowest BCUT2D eigenvalue weighted by atomic mass is 10.1. The number of esters is 2. The summed E-state index contributed by atoms with van der Waals surface area (Å²) in [4.78, 5) is 35.0. The average molecular weight is 285 g/mol. The van der Waals surface area contributed by atoms with Gasteiger partial charge in [-0.05, 0) is 6.92 Å². The van der Waals surface area contributed by atoms with Gasteiger partial charge in [-0.15, -0.1) is 0 Å². The number of hydrogen-bond donors (Lipinski definition) is 0. The van der Waals surface area contributed by atoms with E-state index < -0.39 is 22.8 Å². The Balaban J connectivity index is 3.13. The number of alkyl halides is 1. The number of Topliss-reactive ketones (excluding diaryl/α,β-unsaturated/α-hetero) is 1. The summed E-state index contributed by atoms with van der Waals surface area (Å²) >= 11 is 5.88. The SMILES string of the molecule is CCOC(=O)C(Cl)(OC(C)=O)C(=O)c1ccccc1. The van der Waals surface area contributed by atoms with Crippen LogP contribution in [0.15, 0.2) is 30.3 Å². The maximum atomic E-state index is 12.2. The van der Waals surface area contributed by atoms with Gasteiger partial charge in [0.2, 0.25) is 5.78 Å². The molecule has 102 valence electrons. The third-order valence-corrected chi connectivity index (χ3v) is 2.55. The van der Waals surface area contributed by atoms with Gasteiger partial charge in [0.05, 0.1) is 6.61 Å². The highest BCUT2D eigenvalue weighted by Gasteiger charge is 2.49. The van der Waals surface area contributed by atoms with E-state index in [1.165, 1.54) is 12.1 Å². The molecule has 0 N–H and O–H groups in total. The van der Waals surface area contributed by atoms with Gasteiger partial charge >= 0.3 is 17.0 Å². The van der Waals surface area contributed by atoms with Crippen LogP contribution in [0.5, 0.6) is 0 Å². The van der Waals surface area contributed by atoms with Crippen molar-refractivity contribution in [3.63, 3.8) is 0 Å². The van der Waals surface area contributed by atoms with Gasteiger partial charge in [-0.25, -0.2) is 4.79 Å². The van der Waals surface area contributed by atoms with Crippen LogP contribution in [-0.4, -0.2) is 29.4 Å². The summed E-state index contributed by atoms with van der Waals surface area (Å²) in [6, 6.07) is 7.82. The Bertz CT molecular complexity index is 485. The number of ketones is 1. The topological polar surface area (TPSA) is 69.7 Å². The van der Waals surface area contributed by atoms with Crippen molar-refractivity contribution in [3.8, 4) is 0 Å². The van der Waals surface area contributed by atoms with Crippen molar-refractivity contribution in [2.24, 2.45) is 0 Å². The Morgan fingerprint density at radius 1 is 1.21 bits per heavy atom. The fourth-order valence-electron chi connectivity index (χ4n) is 1.38. The Kier molecular flexibility index (Phi) is 5.06. The van der Waals surface area contributed by atoms with Gasteiger partial charge in [0, 0.05) is 12.5 Å². The highest BCUT2D eigenvalue weighted by atomic mass is 35.5. The minimum atomic E-state index is -2.48. The second kappa shape index (κ2) is 6.33. The maximum Gasteiger partial charge on any atom is 0.375 e. The summed E-state index contributed by atoms with van der Waals surface area (Å²) in [5.41, 5.74) is 0.145. The summed E-state index contributed by atoms with van der Waals surface area (Å²) in [6.45, 7) is 2.61. The van der Waals surface area contributed by atoms with Gasteiger partial charge in [-0.1, -0.05) is 41.9 Å². The van der Waals surface area contributed by atoms with Crippen molar-refractivity contribution >= 4 is 29.3 Å². The highest BCUT2D eigenvalue weighted by Crippen LogP contribution is 2.25. The fourth-order valence-corrected chi connectivity index (χ4v) is 1.65. The highest BCUT2D eigenvalue weighted by molar-refractivity contribution is 6.47. The smallest absolute Gasteiger partial charge is 0.375 e. The predicted molar refractivity (Wildman–Crippen MR) is 67.8 cm³/mol. The Labute approximate surface area is 115 Å². The molecule has 0 aliphatic rings. The number of carbonyl (C=O) groups is 3. The minimum absolute atomic E-state index is 0.0106.